The molecule has 0 aliphatic carbocycles. The number of nitrogens with zero attached hydrogens (tertiary/aromatic N) is 2. The minimum absolute atomic E-state index is 1.11. The van der Waals surface area contributed by atoms with E-state index in [1.165, 1.54) is 60.4 Å². The highest BCUT2D eigenvalue weighted by atomic mass is 15.1. The molecule has 54 heavy (non-hydrogen) atoms. The molecule has 10 rings (SSSR count). The standard InChI is InChI=1S/C52H36N2/c1-3-19-37(20-4-1)42-25-9-14-30-48(42)54(49-31-15-10-26-43(49)38-21-5-2-6-22-38)52-34-18-13-29-46(52)47-36-40(35-39-23-7-8-24-41(39)47)53-50-32-16-11-27-44(50)45-28-12-17-33-51(45)53/h1-36H. The van der Waals surface area contributed by atoms with Crippen LogP contribution in [0.15, 0.2) is 218 Å². The van der Waals surface area contributed by atoms with E-state index in [0.717, 1.165) is 28.3 Å². The first-order valence-electron chi connectivity index (χ1n) is 18.5. The zero-order chi connectivity index (χ0) is 35.8. The maximum absolute atomic E-state index is 2.47. The molecule has 0 spiro atoms. The molecule has 0 saturated heterocycles. The fraction of sp³-hybridized carbons (Fsp3) is 0. The van der Waals surface area contributed by atoms with Crippen molar-refractivity contribution in [2.75, 3.05) is 4.90 Å². The Morgan fingerprint density at radius 1 is 0.296 bits per heavy atom. The number of para-hydroxylation sites is 5. The topological polar surface area (TPSA) is 8.17 Å². The van der Waals surface area contributed by atoms with E-state index >= 15 is 0 Å². The second-order valence-corrected chi connectivity index (χ2v) is 13.7. The van der Waals surface area contributed by atoms with Gasteiger partial charge in [0.25, 0.3) is 0 Å². The van der Waals surface area contributed by atoms with Gasteiger partial charge < -0.3 is 9.47 Å². The molecule has 0 N–H and O–H groups in total. The van der Waals surface area contributed by atoms with Gasteiger partial charge in [-0.05, 0) is 69.9 Å². The highest BCUT2D eigenvalue weighted by Crippen LogP contribution is 2.48. The smallest absolute Gasteiger partial charge is 0.0541 e. The number of benzene rings is 9. The quantitative estimate of drug-likeness (QED) is 0.162. The van der Waals surface area contributed by atoms with Gasteiger partial charge in [-0.1, -0.05) is 176 Å². The van der Waals surface area contributed by atoms with Crippen molar-refractivity contribution in [1.29, 1.82) is 0 Å². The largest absolute Gasteiger partial charge is 0.309 e. The molecular formula is C52H36N2. The summed E-state index contributed by atoms with van der Waals surface area (Å²) in [6.07, 6.45) is 0. The summed E-state index contributed by atoms with van der Waals surface area (Å²) in [7, 11) is 0. The second-order valence-electron chi connectivity index (χ2n) is 13.7. The number of fused-ring (bicyclic) bond motifs is 4. The van der Waals surface area contributed by atoms with Crippen molar-refractivity contribution in [3.05, 3.63) is 218 Å². The molecule has 2 nitrogen and oxygen atoms in total. The van der Waals surface area contributed by atoms with Crippen molar-refractivity contribution >= 4 is 49.6 Å². The van der Waals surface area contributed by atoms with Gasteiger partial charge in [-0.3, -0.25) is 0 Å². The zero-order valence-electron chi connectivity index (χ0n) is 29.7. The van der Waals surface area contributed by atoms with Crippen molar-refractivity contribution in [1.82, 2.24) is 4.57 Å². The highest BCUT2D eigenvalue weighted by molar-refractivity contribution is 6.10. The van der Waals surface area contributed by atoms with Gasteiger partial charge in [0, 0.05) is 33.2 Å². The number of hydrogen-bond donors (Lipinski definition) is 0. The molecule has 0 saturated carbocycles. The summed E-state index contributed by atoms with van der Waals surface area (Å²) < 4.78 is 2.43. The second kappa shape index (κ2) is 13.4. The molecule has 0 bridgehead atoms. The first-order valence-corrected chi connectivity index (χ1v) is 18.5. The Kier molecular flexibility index (Phi) is 7.85. The first-order chi connectivity index (χ1) is 26.8. The van der Waals surface area contributed by atoms with E-state index in [1.54, 1.807) is 0 Å². The number of rotatable bonds is 7. The molecule has 0 radical (unpaired) electrons. The van der Waals surface area contributed by atoms with E-state index in [0.29, 0.717) is 0 Å². The van der Waals surface area contributed by atoms with Crippen LogP contribution in [-0.2, 0) is 0 Å². The van der Waals surface area contributed by atoms with Crippen molar-refractivity contribution in [3.8, 4) is 39.1 Å². The maximum atomic E-state index is 2.47. The van der Waals surface area contributed by atoms with Gasteiger partial charge >= 0.3 is 0 Å². The maximum Gasteiger partial charge on any atom is 0.0541 e. The van der Waals surface area contributed by atoms with Crippen LogP contribution < -0.4 is 4.90 Å². The van der Waals surface area contributed by atoms with E-state index in [9.17, 15) is 0 Å². The molecule has 0 aliphatic heterocycles. The summed E-state index contributed by atoms with van der Waals surface area (Å²) in [5.74, 6) is 0. The summed E-state index contributed by atoms with van der Waals surface area (Å²) in [4.78, 5) is 2.47. The van der Waals surface area contributed by atoms with Crippen LogP contribution in [0.4, 0.5) is 17.1 Å². The first kappa shape index (κ1) is 31.6. The summed E-state index contributed by atoms with van der Waals surface area (Å²) in [6, 6.07) is 79.0. The molecule has 0 aliphatic rings. The summed E-state index contributed by atoms with van der Waals surface area (Å²) in [5.41, 5.74) is 13.9. The van der Waals surface area contributed by atoms with Gasteiger partial charge in [-0.25, -0.2) is 0 Å². The summed E-state index contributed by atoms with van der Waals surface area (Å²) >= 11 is 0. The molecule has 0 amide bonds. The van der Waals surface area contributed by atoms with Gasteiger partial charge in [0.2, 0.25) is 0 Å². The zero-order valence-corrected chi connectivity index (χ0v) is 29.7. The molecular weight excluding hydrogens is 653 g/mol. The molecule has 0 fully saturated rings. The van der Waals surface area contributed by atoms with Crippen LogP contribution in [0.1, 0.15) is 0 Å². The van der Waals surface area contributed by atoms with Crippen molar-refractivity contribution in [2.24, 2.45) is 0 Å². The molecule has 1 heterocycles. The minimum Gasteiger partial charge on any atom is -0.309 e. The summed E-state index contributed by atoms with van der Waals surface area (Å²) in [5, 5.41) is 4.92. The fourth-order valence-corrected chi connectivity index (χ4v) is 8.19. The SMILES string of the molecule is c1ccc(-c2ccccc2N(c2ccccc2-c2ccccc2)c2ccccc2-c2cc(-n3c4ccccc4c4ccccc43)cc3ccccc23)cc1. The van der Waals surface area contributed by atoms with E-state index in [4.69, 9.17) is 0 Å². The third kappa shape index (κ3) is 5.36. The van der Waals surface area contributed by atoms with Crippen LogP contribution >= 0.6 is 0 Å². The van der Waals surface area contributed by atoms with Gasteiger partial charge in [-0.2, -0.15) is 0 Å². The third-order valence-corrected chi connectivity index (χ3v) is 10.6. The average Bonchev–Trinajstić information content (AvgIpc) is 3.59. The lowest BCUT2D eigenvalue weighted by atomic mass is 9.93. The van der Waals surface area contributed by atoms with E-state index < -0.39 is 0 Å². The number of anilines is 3. The molecule has 1 aromatic heterocycles. The number of hydrogen-bond acceptors (Lipinski definition) is 1. The summed E-state index contributed by atoms with van der Waals surface area (Å²) in [6.45, 7) is 0. The van der Waals surface area contributed by atoms with E-state index in [1.807, 2.05) is 0 Å². The van der Waals surface area contributed by atoms with Gasteiger partial charge in [0.15, 0.2) is 0 Å². The monoisotopic (exact) mass is 688 g/mol. The lowest BCUT2D eigenvalue weighted by Crippen LogP contribution is -2.13. The Bertz CT molecular complexity index is 2800. The van der Waals surface area contributed by atoms with Crippen LogP contribution in [-0.4, -0.2) is 4.57 Å². The molecule has 10 aromatic rings. The molecule has 2 heteroatoms. The molecule has 0 atom stereocenters. The van der Waals surface area contributed by atoms with Crippen LogP contribution in [0.25, 0.3) is 71.6 Å². The van der Waals surface area contributed by atoms with Crippen LogP contribution in [0.5, 0.6) is 0 Å². The Hall–Kier alpha value is -7.16. The lowest BCUT2D eigenvalue weighted by Gasteiger charge is -2.32. The lowest BCUT2D eigenvalue weighted by molar-refractivity contribution is 1.19. The minimum atomic E-state index is 1.11. The van der Waals surface area contributed by atoms with Crippen LogP contribution in [0, 0.1) is 0 Å². The molecule has 254 valence electrons. The van der Waals surface area contributed by atoms with E-state index in [2.05, 4.69) is 228 Å². The van der Waals surface area contributed by atoms with Gasteiger partial charge in [-0.15, -0.1) is 0 Å². The Labute approximate surface area is 315 Å². The third-order valence-electron chi connectivity index (χ3n) is 10.6. The van der Waals surface area contributed by atoms with E-state index in [-0.39, 0.29) is 0 Å². The highest BCUT2D eigenvalue weighted by Gasteiger charge is 2.24. The normalized spacial score (nSPS) is 11.3. The van der Waals surface area contributed by atoms with Gasteiger partial charge in [0.05, 0.1) is 28.1 Å². The van der Waals surface area contributed by atoms with Gasteiger partial charge in [0.1, 0.15) is 0 Å². The Balaban J connectivity index is 1.28. The van der Waals surface area contributed by atoms with Crippen LogP contribution in [0.3, 0.4) is 0 Å². The predicted octanol–water partition coefficient (Wildman–Crippen LogP) is 14.4. The molecule has 9 aromatic carbocycles. The predicted molar refractivity (Wildman–Crippen MR) is 229 cm³/mol. The van der Waals surface area contributed by atoms with Crippen molar-refractivity contribution in [3.63, 3.8) is 0 Å². The number of aromatic nitrogens is 1. The Morgan fingerprint density at radius 3 is 1.26 bits per heavy atom. The average molecular weight is 689 g/mol. The molecule has 0 unspecified atom stereocenters. The Morgan fingerprint density at radius 2 is 0.704 bits per heavy atom. The fourth-order valence-electron chi connectivity index (χ4n) is 8.19. The van der Waals surface area contributed by atoms with Crippen molar-refractivity contribution in [2.45, 2.75) is 0 Å². The van der Waals surface area contributed by atoms with Crippen molar-refractivity contribution < 1.29 is 0 Å². The van der Waals surface area contributed by atoms with Crippen LogP contribution in [0.2, 0.25) is 0 Å².